The molecule has 2 aromatic carbocycles. The Morgan fingerprint density at radius 3 is 2.81 bits per heavy atom. The second-order valence-electron chi connectivity index (χ2n) is 6.55. The summed E-state index contributed by atoms with van der Waals surface area (Å²) in [7, 11) is 0. The third-order valence-electron chi connectivity index (χ3n) is 4.83. The third-order valence-corrected chi connectivity index (χ3v) is 4.83. The monoisotopic (exact) mass is 347 g/mol. The minimum atomic E-state index is -0.0437. The molecule has 5 rings (SSSR count). The van der Waals surface area contributed by atoms with Gasteiger partial charge in [-0.25, -0.2) is 0 Å². The highest BCUT2D eigenvalue weighted by atomic mass is 16.7. The Balaban J connectivity index is 1.48. The van der Waals surface area contributed by atoms with Gasteiger partial charge in [0.25, 0.3) is 0 Å². The Hall–Kier alpha value is -3.28. The maximum absolute atomic E-state index is 12.2. The molecule has 1 unspecified atom stereocenters. The Kier molecular flexibility index (Phi) is 3.41. The zero-order valence-corrected chi connectivity index (χ0v) is 14.0. The average Bonchev–Trinajstić information content (AvgIpc) is 3.29. The molecule has 6 heteroatoms. The summed E-state index contributed by atoms with van der Waals surface area (Å²) in [6.07, 6.45) is 4.26. The minimum absolute atomic E-state index is 0.00262. The fraction of sp³-hybridized carbons (Fsp3) is 0.200. The average molecular weight is 347 g/mol. The number of carbonyl (C=O) groups is 1. The molecule has 26 heavy (non-hydrogen) atoms. The van der Waals surface area contributed by atoms with Crippen molar-refractivity contribution in [2.24, 2.45) is 0 Å². The van der Waals surface area contributed by atoms with E-state index in [2.05, 4.69) is 22.5 Å². The quantitative estimate of drug-likeness (QED) is 0.790. The van der Waals surface area contributed by atoms with Crippen LogP contribution in [0.1, 0.15) is 29.0 Å². The molecule has 1 aromatic heterocycles. The zero-order valence-electron chi connectivity index (χ0n) is 14.0. The van der Waals surface area contributed by atoms with Crippen LogP contribution in [0.25, 0.3) is 0 Å². The van der Waals surface area contributed by atoms with E-state index in [4.69, 9.17) is 9.47 Å². The van der Waals surface area contributed by atoms with Gasteiger partial charge in [0.2, 0.25) is 12.7 Å². The fourth-order valence-corrected chi connectivity index (χ4v) is 3.56. The number of rotatable bonds is 3. The lowest BCUT2D eigenvalue weighted by atomic mass is 9.86. The summed E-state index contributed by atoms with van der Waals surface area (Å²) in [5, 5.41) is 7.42. The molecule has 1 N–H and O–H groups in total. The van der Waals surface area contributed by atoms with E-state index < -0.39 is 0 Å². The number of anilines is 1. The molecule has 2 aliphatic heterocycles. The molecule has 1 atom stereocenters. The smallest absolute Gasteiger partial charge is 0.231 e. The molecule has 0 fully saturated rings. The van der Waals surface area contributed by atoms with E-state index >= 15 is 0 Å². The van der Waals surface area contributed by atoms with Crippen LogP contribution in [-0.2, 0) is 11.3 Å². The van der Waals surface area contributed by atoms with Crippen molar-refractivity contribution < 1.29 is 14.3 Å². The summed E-state index contributed by atoms with van der Waals surface area (Å²) in [6, 6.07) is 14.0. The molecule has 130 valence electrons. The molecule has 0 saturated carbocycles. The first-order valence-electron chi connectivity index (χ1n) is 8.56. The summed E-state index contributed by atoms with van der Waals surface area (Å²) in [5.41, 5.74) is 4.03. The lowest BCUT2D eigenvalue weighted by Gasteiger charge is -2.25. The molecule has 2 aliphatic rings. The van der Waals surface area contributed by atoms with Crippen LogP contribution in [0.4, 0.5) is 5.69 Å². The van der Waals surface area contributed by atoms with Gasteiger partial charge in [0.1, 0.15) is 0 Å². The topological polar surface area (TPSA) is 65.4 Å². The highest BCUT2D eigenvalue weighted by Crippen LogP contribution is 2.44. The van der Waals surface area contributed by atoms with Crippen molar-refractivity contribution in [1.29, 1.82) is 0 Å². The van der Waals surface area contributed by atoms with E-state index in [0.29, 0.717) is 18.7 Å². The molecule has 3 aromatic rings. The number of nitrogens with zero attached hydrogens (tertiary/aromatic N) is 2. The Labute approximate surface area is 150 Å². The second-order valence-corrected chi connectivity index (χ2v) is 6.55. The minimum Gasteiger partial charge on any atom is -0.454 e. The lowest BCUT2D eigenvalue weighted by Crippen LogP contribution is -2.23. The van der Waals surface area contributed by atoms with Crippen LogP contribution in [0.5, 0.6) is 11.5 Å². The maximum atomic E-state index is 12.2. The number of nitrogens with one attached hydrogen (secondary N) is 1. The van der Waals surface area contributed by atoms with E-state index in [0.717, 1.165) is 22.6 Å². The number of fused-ring (bicyclic) bond motifs is 2. The van der Waals surface area contributed by atoms with Crippen molar-refractivity contribution in [2.45, 2.75) is 18.9 Å². The van der Waals surface area contributed by atoms with Crippen LogP contribution < -0.4 is 14.8 Å². The molecule has 6 nitrogen and oxygen atoms in total. The first-order valence-corrected chi connectivity index (χ1v) is 8.56. The van der Waals surface area contributed by atoms with Gasteiger partial charge >= 0.3 is 0 Å². The summed E-state index contributed by atoms with van der Waals surface area (Å²) in [4.78, 5) is 12.2. The van der Waals surface area contributed by atoms with Crippen molar-refractivity contribution in [3.8, 4) is 11.5 Å². The summed E-state index contributed by atoms with van der Waals surface area (Å²) in [5.74, 6) is 1.35. The van der Waals surface area contributed by atoms with Gasteiger partial charge in [-0.15, -0.1) is 0 Å². The first kappa shape index (κ1) is 15.0. The van der Waals surface area contributed by atoms with Gasteiger partial charge in [0.15, 0.2) is 11.5 Å². The normalized spacial score (nSPS) is 17.7. The number of ether oxygens (including phenoxy) is 2. The number of carbonyl (C=O) groups excluding carboxylic acids is 1. The first-order chi connectivity index (χ1) is 12.8. The summed E-state index contributed by atoms with van der Waals surface area (Å²) < 4.78 is 12.8. The van der Waals surface area contributed by atoms with Crippen molar-refractivity contribution in [3.05, 3.63) is 71.5 Å². The fourth-order valence-electron chi connectivity index (χ4n) is 3.56. The van der Waals surface area contributed by atoms with Crippen LogP contribution in [0, 0.1) is 0 Å². The number of amides is 1. The van der Waals surface area contributed by atoms with Crippen molar-refractivity contribution >= 4 is 11.6 Å². The molecule has 0 bridgehead atoms. The predicted octanol–water partition coefficient (Wildman–Crippen LogP) is 3.13. The molecule has 1 amide bonds. The van der Waals surface area contributed by atoms with Crippen molar-refractivity contribution in [2.75, 3.05) is 12.1 Å². The van der Waals surface area contributed by atoms with Gasteiger partial charge in [0.05, 0.1) is 12.7 Å². The molecular weight excluding hydrogens is 330 g/mol. The second kappa shape index (κ2) is 5.91. The highest BCUT2D eigenvalue weighted by Gasteiger charge is 2.30. The van der Waals surface area contributed by atoms with Gasteiger partial charge in [-0.05, 0) is 22.8 Å². The molecule has 0 radical (unpaired) electrons. The molecule has 3 heterocycles. The Morgan fingerprint density at radius 1 is 1.15 bits per heavy atom. The van der Waals surface area contributed by atoms with E-state index in [1.807, 2.05) is 47.4 Å². The number of aromatic nitrogens is 2. The van der Waals surface area contributed by atoms with Gasteiger partial charge < -0.3 is 14.8 Å². The largest absolute Gasteiger partial charge is 0.454 e. The standard InChI is InChI=1S/C20H17N3O3/c24-20-7-15(16-6-18-19(26-12-25-18)8-17(16)22-20)14-9-21-23(11-14)10-13-4-2-1-3-5-13/h1-6,8-9,11,15H,7,10,12H2,(H,22,24). The third kappa shape index (κ3) is 2.60. The number of hydrogen-bond acceptors (Lipinski definition) is 4. The van der Waals surface area contributed by atoms with E-state index in [1.165, 1.54) is 5.56 Å². The summed E-state index contributed by atoms with van der Waals surface area (Å²) in [6.45, 7) is 0.916. The molecule has 0 spiro atoms. The van der Waals surface area contributed by atoms with Crippen LogP contribution in [0.15, 0.2) is 54.9 Å². The SMILES string of the molecule is O=C1CC(c2cnn(Cc3ccccc3)c2)c2cc3c(cc2N1)OCO3. The number of hydrogen-bond donors (Lipinski definition) is 1. The van der Waals surface area contributed by atoms with E-state index in [9.17, 15) is 4.79 Å². The molecule has 0 aliphatic carbocycles. The van der Waals surface area contributed by atoms with E-state index in [1.54, 1.807) is 0 Å². The summed E-state index contributed by atoms with van der Waals surface area (Å²) >= 11 is 0. The number of benzene rings is 2. The van der Waals surface area contributed by atoms with Crippen molar-refractivity contribution in [3.63, 3.8) is 0 Å². The zero-order chi connectivity index (χ0) is 17.5. The lowest BCUT2D eigenvalue weighted by molar-refractivity contribution is -0.116. The maximum Gasteiger partial charge on any atom is 0.231 e. The van der Waals surface area contributed by atoms with Gasteiger partial charge in [0, 0.05) is 30.3 Å². The Morgan fingerprint density at radius 2 is 1.96 bits per heavy atom. The predicted molar refractivity (Wildman–Crippen MR) is 95.4 cm³/mol. The van der Waals surface area contributed by atoms with Crippen molar-refractivity contribution in [1.82, 2.24) is 9.78 Å². The molecule has 0 saturated heterocycles. The van der Waals surface area contributed by atoms with Gasteiger partial charge in [-0.1, -0.05) is 30.3 Å². The van der Waals surface area contributed by atoms with Gasteiger partial charge in [-0.3, -0.25) is 9.48 Å². The van der Waals surface area contributed by atoms with Gasteiger partial charge in [-0.2, -0.15) is 5.10 Å². The van der Waals surface area contributed by atoms with Crippen LogP contribution in [-0.4, -0.2) is 22.5 Å². The van der Waals surface area contributed by atoms with Crippen LogP contribution in [0.3, 0.4) is 0 Å². The molecular formula is C20H17N3O3. The van der Waals surface area contributed by atoms with E-state index in [-0.39, 0.29) is 18.6 Å². The Bertz CT molecular complexity index is 981. The van der Waals surface area contributed by atoms with Crippen LogP contribution >= 0.6 is 0 Å². The van der Waals surface area contributed by atoms with Crippen LogP contribution in [0.2, 0.25) is 0 Å². The highest BCUT2D eigenvalue weighted by molar-refractivity contribution is 5.96.